The van der Waals surface area contributed by atoms with Crippen molar-refractivity contribution in [3.8, 4) is 0 Å². The van der Waals surface area contributed by atoms with E-state index in [4.69, 9.17) is 0 Å². The molecular formula is C9H9F4NOS. The van der Waals surface area contributed by atoms with Crippen LogP contribution in [-0.4, -0.2) is 16.7 Å². The molecule has 2 nitrogen and oxygen atoms in total. The van der Waals surface area contributed by atoms with E-state index in [1.807, 2.05) is 0 Å². The minimum atomic E-state index is -4.85. The van der Waals surface area contributed by atoms with Crippen molar-refractivity contribution in [3.63, 3.8) is 0 Å². The van der Waals surface area contributed by atoms with Crippen molar-refractivity contribution in [2.75, 3.05) is 12.5 Å². The summed E-state index contributed by atoms with van der Waals surface area (Å²) in [4.78, 5) is 0. The van der Waals surface area contributed by atoms with Crippen molar-refractivity contribution < 1.29 is 21.8 Å². The van der Waals surface area contributed by atoms with Gasteiger partial charge in [-0.1, -0.05) is 6.07 Å². The zero-order valence-electron chi connectivity index (χ0n) is 8.51. The first kappa shape index (κ1) is 13.0. The molecule has 1 rings (SSSR count). The Bertz CT molecular complexity index is 507. The summed E-state index contributed by atoms with van der Waals surface area (Å²) in [6, 6.07) is 2.77. The number of alkyl halides is 3. The van der Waals surface area contributed by atoms with Crippen LogP contribution >= 0.6 is 0 Å². The van der Waals surface area contributed by atoms with Crippen LogP contribution in [0.1, 0.15) is 5.56 Å². The predicted molar refractivity (Wildman–Crippen MR) is 53.5 cm³/mol. The first-order valence-electron chi connectivity index (χ1n) is 4.14. The van der Waals surface area contributed by atoms with E-state index in [2.05, 4.69) is 4.36 Å². The van der Waals surface area contributed by atoms with Crippen LogP contribution in [0, 0.1) is 5.82 Å². The molecule has 1 aromatic carbocycles. The molecule has 0 bridgehead atoms. The molecule has 0 atom stereocenters. The highest BCUT2D eigenvalue weighted by Crippen LogP contribution is 2.38. The van der Waals surface area contributed by atoms with Crippen molar-refractivity contribution in [3.05, 3.63) is 29.6 Å². The van der Waals surface area contributed by atoms with Gasteiger partial charge in [0.2, 0.25) is 0 Å². The smallest absolute Gasteiger partial charge is 0.250 e. The SMILES string of the molecule is CS(C)(=O)=Nc1cccc(F)c1C(F)(F)F. The fourth-order valence-electron chi connectivity index (χ4n) is 1.11. The molecule has 0 aliphatic carbocycles. The van der Waals surface area contributed by atoms with E-state index in [0.29, 0.717) is 6.07 Å². The van der Waals surface area contributed by atoms with Gasteiger partial charge in [0.05, 0.1) is 5.69 Å². The van der Waals surface area contributed by atoms with Gasteiger partial charge in [0.1, 0.15) is 11.4 Å². The van der Waals surface area contributed by atoms with Crippen LogP contribution in [0.5, 0.6) is 0 Å². The van der Waals surface area contributed by atoms with E-state index < -0.39 is 33.0 Å². The Morgan fingerprint density at radius 2 is 1.81 bits per heavy atom. The van der Waals surface area contributed by atoms with Gasteiger partial charge in [0.15, 0.2) is 0 Å². The van der Waals surface area contributed by atoms with Crippen LogP contribution in [-0.2, 0) is 15.9 Å². The number of nitrogens with zero attached hydrogens (tertiary/aromatic N) is 1. The van der Waals surface area contributed by atoms with Crippen LogP contribution in [0.2, 0.25) is 0 Å². The van der Waals surface area contributed by atoms with E-state index in [-0.39, 0.29) is 0 Å². The van der Waals surface area contributed by atoms with Gasteiger partial charge in [-0.2, -0.15) is 17.5 Å². The van der Waals surface area contributed by atoms with E-state index in [0.717, 1.165) is 12.1 Å². The summed E-state index contributed by atoms with van der Waals surface area (Å²) in [7, 11) is -2.77. The lowest BCUT2D eigenvalue weighted by Gasteiger charge is -2.10. The molecule has 1 aromatic rings. The lowest BCUT2D eigenvalue weighted by molar-refractivity contribution is -0.139. The van der Waals surface area contributed by atoms with Gasteiger partial charge in [0, 0.05) is 22.2 Å². The van der Waals surface area contributed by atoms with E-state index in [9.17, 15) is 21.8 Å². The molecule has 0 aromatic heterocycles. The summed E-state index contributed by atoms with van der Waals surface area (Å²) in [5.74, 6) is -1.42. The molecule has 0 aliphatic rings. The third-order valence-electron chi connectivity index (χ3n) is 1.59. The minimum Gasteiger partial charge on any atom is -0.250 e. The van der Waals surface area contributed by atoms with Gasteiger partial charge in [-0.05, 0) is 12.1 Å². The summed E-state index contributed by atoms with van der Waals surface area (Å²) in [5, 5.41) is 0. The molecule has 90 valence electrons. The second kappa shape index (κ2) is 4.04. The van der Waals surface area contributed by atoms with Crippen LogP contribution < -0.4 is 0 Å². The number of hydrogen-bond acceptors (Lipinski definition) is 2. The summed E-state index contributed by atoms with van der Waals surface area (Å²) in [6.45, 7) is 0. The van der Waals surface area contributed by atoms with Gasteiger partial charge in [-0.3, -0.25) is 0 Å². The Morgan fingerprint density at radius 3 is 2.25 bits per heavy atom. The molecule has 0 aliphatic heterocycles. The van der Waals surface area contributed by atoms with Gasteiger partial charge in [0.25, 0.3) is 0 Å². The highest BCUT2D eigenvalue weighted by molar-refractivity contribution is 7.92. The van der Waals surface area contributed by atoms with Gasteiger partial charge in [-0.25, -0.2) is 8.60 Å². The van der Waals surface area contributed by atoms with Gasteiger partial charge in [-0.15, -0.1) is 0 Å². The van der Waals surface area contributed by atoms with Crippen LogP contribution in [0.25, 0.3) is 0 Å². The topological polar surface area (TPSA) is 29.4 Å². The average Bonchev–Trinajstić information content (AvgIpc) is 1.97. The highest BCUT2D eigenvalue weighted by atomic mass is 32.2. The zero-order valence-corrected chi connectivity index (χ0v) is 9.32. The molecule has 0 N–H and O–H groups in total. The highest BCUT2D eigenvalue weighted by Gasteiger charge is 2.37. The van der Waals surface area contributed by atoms with Gasteiger partial charge >= 0.3 is 6.18 Å². The maximum absolute atomic E-state index is 13.0. The van der Waals surface area contributed by atoms with Crippen molar-refractivity contribution >= 4 is 15.4 Å². The first-order chi connectivity index (χ1) is 7.11. The van der Waals surface area contributed by atoms with Crippen molar-refractivity contribution in [2.24, 2.45) is 4.36 Å². The fourth-order valence-corrected chi connectivity index (χ4v) is 1.73. The average molecular weight is 255 g/mol. The number of halogens is 4. The summed E-state index contributed by atoms with van der Waals surface area (Å²) in [6.07, 6.45) is -2.50. The Labute approximate surface area is 90.5 Å². The zero-order chi connectivity index (χ0) is 12.6. The second-order valence-corrected chi connectivity index (χ2v) is 5.95. The molecule has 0 saturated carbocycles. The standard InChI is InChI=1S/C9H9F4NOS/c1-16(2,15)14-7-5-3-4-6(10)8(7)9(11,12)13/h3-5H,1-2H3. The molecule has 0 radical (unpaired) electrons. The maximum Gasteiger partial charge on any atom is 0.421 e. The molecule has 0 saturated heterocycles. The van der Waals surface area contributed by atoms with Crippen LogP contribution in [0.4, 0.5) is 23.2 Å². The van der Waals surface area contributed by atoms with E-state index in [1.54, 1.807) is 0 Å². The Hall–Kier alpha value is -1.11. The summed E-state index contributed by atoms with van der Waals surface area (Å²) in [5.41, 5.74) is -2.12. The van der Waals surface area contributed by atoms with Crippen LogP contribution in [0.3, 0.4) is 0 Å². The number of benzene rings is 1. The summed E-state index contributed by atoms with van der Waals surface area (Å²) < 4.78 is 65.2. The fraction of sp³-hybridized carbons (Fsp3) is 0.333. The third-order valence-corrected chi connectivity index (χ3v) is 2.23. The van der Waals surface area contributed by atoms with Crippen LogP contribution in [0.15, 0.2) is 22.6 Å². The molecule has 16 heavy (non-hydrogen) atoms. The largest absolute Gasteiger partial charge is 0.421 e. The molecule has 0 spiro atoms. The lowest BCUT2D eigenvalue weighted by Crippen LogP contribution is -2.08. The molecule has 7 heteroatoms. The van der Waals surface area contributed by atoms with Crippen molar-refractivity contribution in [1.29, 1.82) is 0 Å². The lowest BCUT2D eigenvalue weighted by atomic mass is 10.1. The van der Waals surface area contributed by atoms with Crippen molar-refractivity contribution in [2.45, 2.75) is 6.18 Å². The quantitative estimate of drug-likeness (QED) is 0.708. The summed E-state index contributed by atoms with van der Waals surface area (Å²) >= 11 is 0. The Kier molecular flexibility index (Phi) is 3.27. The van der Waals surface area contributed by atoms with E-state index >= 15 is 0 Å². The minimum absolute atomic E-state index is 0.637. The molecule has 0 amide bonds. The third kappa shape index (κ3) is 3.19. The predicted octanol–water partition coefficient (Wildman–Crippen LogP) is 3.20. The Morgan fingerprint density at radius 1 is 1.25 bits per heavy atom. The molecule has 0 unspecified atom stereocenters. The van der Waals surface area contributed by atoms with Crippen molar-refractivity contribution in [1.82, 2.24) is 0 Å². The number of rotatable bonds is 1. The monoisotopic (exact) mass is 255 g/mol. The van der Waals surface area contributed by atoms with E-state index in [1.165, 1.54) is 12.5 Å². The molecular weight excluding hydrogens is 246 g/mol. The van der Waals surface area contributed by atoms with Gasteiger partial charge < -0.3 is 0 Å². The second-order valence-electron chi connectivity index (χ2n) is 3.40. The first-order valence-corrected chi connectivity index (χ1v) is 6.47. The molecule has 0 heterocycles. The molecule has 0 fully saturated rings. The Balaban J connectivity index is 3.54. The number of hydrogen-bond donors (Lipinski definition) is 0. The normalized spacial score (nSPS) is 12.6. The maximum atomic E-state index is 13.0.